The lowest BCUT2D eigenvalue weighted by Gasteiger charge is -2.26. The number of hydrogen-bond donors (Lipinski definition) is 1. The third-order valence-corrected chi connectivity index (χ3v) is 3.50. The van der Waals surface area contributed by atoms with Gasteiger partial charge in [0.1, 0.15) is 11.6 Å². The summed E-state index contributed by atoms with van der Waals surface area (Å²) in [6, 6.07) is -0.691. The average molecular weight is 327 g/mol. The molecule has 23 heavy (non-hydrogen) atoms. The lowest BCUT2D eigenvalue weighted by Crippen LogP contribution is -2.47. The number of alkyl carbamates (subject to hydrolysis) is 1. The normalized spacial score (nSPS) is 15.2. The SMILES string of the molecule is C=CC(C)CCCC(C)C(NC(=O)OC(C)(C)C)C(=O)OCC. The van der Waals surface area contributed by atoms with E-state index in [1.165, 1.54) is 0 Å². The molecule has 0 aliphatic carbocycles. The minimum Gasteiger partial charge on any atom is -0.464 e. The van der Waals surface area contributed by atoms with Crippen LogP contribution in [0.15, 0.2) is 12.7 Å². The van der Waals surface area contributed by atoms with Crippen molar-refractivity contribution >= 4 is 12.1 Å². The number of allylic oxidation sites excluding steroid dienone is 1. The van der Waals surface area contributed by atoms with Crippen LogP contribution in [-0.4, -0.2) is 30.3 Å². The molecule has 3 unspecified atom stereocenters. The van der Waals surface area contributed by atoms with Gasteiger partial charge in [-0.2, -0.15) is 0 Å². The summed E-state index contributed by atoms with van der Waals surface area (Å²) in [6.07, 6.45) is 4.11. The van der Waals surface area contributed by atoms with E-state index >= 15 is 0 Å². The van der Waals surface area contributed by atoms with Crippen molar-refractivity contribution in [1.82, 2.24) is 5.32 Å². The molecule has 3 atom stereocenters. The third-order valence-electron chi connectivity index (χ3n) is 3.50. The lowest BCUT2D eigenvalue weighted by molar-refractivity contribution is -0.147. The number of ether oxygens (including phenoxy) is 2. The summed E-state index contributed by atoms with van der Waals surface area (Å²) >= 11 is 0. The van der Waals surface area contributed by atoms with Crippen LogP contribution in [-0.2, 0) is 14.3 Å². The second-order valence-corrected chi connectivity index (χ2v) is 7.00. The van der Waals surface area contributed by atoms with Crippen molar-refractivity contribution in [3.05, 3.63) is 12.7 Å². The van der Waals surface area contributed by atoms with E-state index in [1.54, 1.807) is 27.7 Å². The predicted molar refractivity (Wildman–Crippen MR) is 92.2 cm³/mol. The zero-order valence-corrected chi connectivity index (χ0v) is 15.5. The summed E-state index contributed by atoms with van der Waals surface area (Å²) in [6.45, 7) is 15.2. The number of esters is 1. The molecule has 0 fully saturated rings. The summed E-state index contributed by atoms with van der Waals surface area (Å²) in [5, 5.41) is 2.65. The fraction of sp³-hybridized carbons (Fsp3) is 0.778. The molecule has 1 amide bonds. The predicted octanol–water partition coefficient (Wildman–Crippen LogP) is 4.07. The van der Waals surface area contributed by atoms with Crippen LogP contribution in [0.4, 0.5) is 4.79 Å². The van der Waals surface area contributed by atoms with Crippen LogP contribution < -0.4 is 5.32 Å². The smallest absolute Gasteiger partial charge is 0.408 e. The van der Waals surface area contributed by atoms with Gasteiger partial charge in [0.2, 0.25) is 0 Å². The first-order valence-corrected chi connectivity index (χ1v) is 8.39. The highest BCUT2D eigenvalue weighted by molar-refractivity contribution is 5.81. The van der Waals surface area contributed by atoms with Crippen LogP contribution in [0.25, 0.3) is 0 Å². The van der Waals surface area contributed by atoms with Crippen LogP contribution in [0.5, 0.6) is 0 Å². The number of rotatable bonds is 9. The molecule has 5 heteroatoms. The van der Waals surface area contributed by atoms with Gasteiger partial charge in [0.25, 0.3) is 0 Å². The van der Waals surface area contributed by atoms with Gasteiger partial charge in [0.05, 0.1) is 6.61 Å². The van der Waals surface area contributed by atoms with Gasteiger partial charge < -0.3 is 14.8 Å². The molecule has 134 valence electrons. The second kappa shape index (κ2) is 10.3. The standard InChI is InChI=1S/C18H33NO4/c1-8-13(3)11-10-12-14(4)15(16(20)22-9-2)19-17(21)23-18(5,6)7/h8,13-15H,1,9-12H2,2-7H3,(H,19,21). The molecule has 0 aromatic rings. The molecule has 0 saturated carbocycles. The number of carbonyl (C=O) groups excluding carboxylic acids is 2. The second-order valence-electron chi connectivity index (χ2n) is 7.00. The van der Waals surface area contributed by atoms with Crippen molar-refractivity contribution in [2.75, 3.05) is 6.61 Å². The Labute approximate surface area is 140 Å². The molecule has 0 aliphatic heterocycles. The van der Waals surface area contributed by atoms with Crippen LogP contribution in [0.3, 0.4) is 0 Å². The van der Waals surface area contributed by atoms with E-state index in [0.717, 1.165) is 19.3 Å². The van der Waals surface area contributed by atoms with Crippen molar-refractivity contribution in [3.63, 3.8) is 0 Å². The summed E-state index contributed by atoms with van der Waals surface area (Å²) in [5.74, 6) is 0.00303. The number of carbonyl (C=O) groups is 2. The highest BCUT2D eigenvalue weighted by Gasteiger charge is 2.29. The Hall–Kier alpha value is -1.52. The lowest BCUT2D eigenvalue weighted by atomic mass is 9.93. The van der Waals surface area contributed by atoms with Crippen molar-refractivity contribution < 1.29 is 19.1 Å². The molecule has 0 aromatic carbocycles. The van der Waals surface area contributed by atoms with Crippen LogP contribution in [0.2, 0.25) is 0 Å². The Kier molecular flexibility index (Phi) is 9.61. The number of nitrogens with one attached hydrogen (secondary N) is 1. The molecule has 0 heterocycles. The Bertz CT molecular complexity index is 387. The van der Waals surface area contributed by atoms with Gasteiger partial charge >= 0.3 is 12.1 Å². The van der Waals surface area contributed by atoms with Crippen molar-refractivity contribution in [2.45, 2.75) is 72.4 Å². The molecule has 0 aromatic heterocycles. The zero-order valence-electron chi connectivity index (χ0n) is 15.5. The minimum atomic E-state index is -0.691. The third kappa shape index (κ3) is 9.97. The molecule has 0 radical (unpaired) electrons. The Morgan fingerprint density at radius 1 is 1.22 bits per heavy atom. The van der Waals surface area contributed by atoms with Crippen LogP contribution in [0.1, 0.15) is 60.8 Å². The minimum absolute atomic E-state index is 0.0291. The van der Waals surface area contributed by atoms with E-state index in [1.807, 2.05) is 13.0 Å². The average Bonchev–Trinajstić information content (AvgIpc) is 2.42. The largest absolute Gasteiger partial charge is 0.464 e. The van der Waals surface area contributed by atoms with Gasteiger partial charge in [-0.25, -0.2) is 9.59 Å². The Morgan fingerprint density at radius 3 is 2.30 bits per heavy atom. The van der Waals surface area contributed by atoms with E-state index in [-0.39, 0.29) is 12.5 Å². The molecule has 0 rings (SSSR count). The molecule has 1 N–H and O–H groups in total. The fourth-order valence-electron chi connectivity index (χ4n) is 2.15. The number of hydrogen-bond acceptors (Lipinski definition) is 4. The van der Waals surface area contributed by atoms with E-state index in [4.69, 9.17) is 9.47 Å². The maximum absolute atomic E-state index is 12.1. The van der Waals surface area contributed by atoms with Gasteiger partial charge in [0, 0.05) is 0 Å². The van der Waals surface area contributed by atoms with E-state index < -0.39 is 23.7 Å². The molecule has 5 nitrogen and oxygen atoms in total. The van der Waals surface area contributed by atoms with E-state index in [2.05, 4.69) is 18.8 Å². The highest BCUT2D eigenvalue weighted by atomic mass is 16.6. The van der Waals surface area contributed by atoms with E-state index in [0.29, 0.717) is 5.92 Å². The summed E-state index contributed by atoms with van der Waals surface area (Å²) < 4.78 is 10.3. The molecular formula is C18H33NO4. The van der Waals surface area contributed by atoms with Crippen LogP contribution in [0, 0.1) is 11.8 Å². The zero-order chi connectivity index (χ0) is 18.0. The summed E-state index contributed by atoms with van der Waals surface area (Å²) in [7, 11) is 0. The van der Waals surface area contributed by atoms with E-state index in [9.17, 15) is 9.59 Å². The molecule has 0 bridgehead atoms. The molecule has 0 aliphatic rings. The van der Waals surface area contributed by atoms with Crippen LogP contribution >= 0.6 is 0 Å². The van der Waals surface area contributed by atoms with Crippen molar-refractivity contribution in [2.24, 2.45) is 11.8 Å². The molecular weight excluding hydrogens is 294 g/mol. The van der Waals surface area contributed by atoms with Gasteiger partial charge in [-0.15, -0.1) is 6.58 Å². The Morgan fingerprint density at radius 2 is 1.83 bits per heavy atom. The quantitative estimate of drug-likeness (QED) is 0.512. The first-order valence-electron chi connectivity index (χ1n) is 8.39. The monoisotopic (exact) mass is 327 g/mol. The molecule has 0 spiro atoms. The summed E-state index contributed by atoms with van der Waals surface area (Å²) in [4.78, 5) is 24.1. The first-order chi connectivity index (χ1) is 10.6. The molecule has 0 saturated heterocycles. The van der Waals surface area contributed by atoms with Crippen molar-refractivity contribution in [1.29, 1.82) is 0 Å². The topological polar surface area (TPSA) is 64.6 Å². The fourth-order valence-corrected chi connectivity index (χ4v) is 2.15. The van der Waals surface area contributed by atoms with Gasteiger partial charge in [0.15, 0.2) is 0 Å². The van der Waals surface area contributed by atoms with Crippen molar-refractivity contribution in [3.8, 4) is 0 Å². The number of amides is 1. The van der Waals surface area contributed by atoms with Gasteiger partial charge in [-0.3, -0.25) is 0 Å². The maximum Gasteiger partial charge on any atom is 0.408 e. The van der Waals surface area contributed by atoms with Gasteiger partial charge in [-0.1, -0.05) is 26.3 Å². The first kappa shape index (κ1) is 21.5. The maximum atomic E-state index is 12.1. The Balaban J connectivity index is 4.69. The summed E-state index contributed by atoms with van der Waals surface area (Å²) in [5.41, 5.74) is -0.605. The highest BCUT2D eigenvalue weighted by Crippen LogP contribution is 2.18. The van der Waals surface area contributed by atoms with Gasteiger partial charge in [-0.05, 0) is 52.4 Å².